The minimum Gasteiger partial charge on any atom is -0.503 e. The van der Waals surface area contributed by atoms with Gasteiger partial charge in [-0.05, 0) is 53.6 Å². The Balaban J connectivity index is 1.83. The molecule has 9 heteroatoms. The molecule has 0 aromatic heterocycles. The molecule has 0 unspecified atom stereocenters. The lowest BCUT2D eigenvalue weighted by Gasteiger charge is -2.12. The van der Waals surface area contributed by atoms with E-state index in [2.05, 4.69) is 15.8 Å². The number of ether oxygens (including phenoxy) is 1. The molecule has 0 heterocycles. The van der Waals surface area contributed by atoms with Crippen LogP contribution in [-0.4, -0.2) is 44.3 Å². The van der Waals surface area contributed by atoms with Crippen molar-refractivity contribution in [2.24, 2.45) is 5.10 Å². The first-order valence-corrected chi connectivity index (χ1v) is 10.9. The lowest BCUT2D eigenvalue weighted by molar-refractivity contribution is -0.117. The van der Waals surface area contributed by atoms with Crippen molar-refractivity contribution < 1.29 is 19.4 Å². The van der Waals surface area contributed by atoms with Crippen LogP contribution in [0.25, 0.3) is 6.08 Å². The van der Waals surface area contributed by atoms with E-state index in [1.165, 1.54) is 25.5 Å². The highest BCUT2D eigenvalue weighted by Gasteiger charge is 2.14. The quantitative estimate of drug-likeness (QED) is 0.250. The zero-order chi connectivity index (χ0) is 25.4. The van der Waals surface area contributed by atoms with E-state index in [4.69, 9.17) is 16.3 Å². The van der Waals surface area contributed by atoms with E-state index in [0.717, 1.165) is 5.69 Å². The van der Waals surface area contributed by atoms with Gasteiger partial charge in [-0.2, -0.15) is 5.10 Å². The van der Waals surface area contributed by atoms with E-state index < -0.39 is 11.8 Å². The predicted octanol–water partition coefficient (Wildman–Crippen LogP) is 4.04. The highest BCUT2D eigenvalue weighted by Crippen LogP contribution is 2.34. The Morgan fingerprint density at radius 1 is 1.03 bits per heavy atom. The molecule has 0 radical (unpaired) electrons. The van der Waals surface area contributed by atoms with Crippen LogP contribution >= 0.6 is 11.6 Å². The molecule has 8 nitrogen and oxygen atoms in total. The molecule has 3 N–H and O–H groups in total. The van der Waals surface area contributed by atoms with Crippen LogP contribution in [0, 0.1) is 0 Å². The average Bonchev–Trinajstić information content (AvgIpc) is 2.86. The summed E-state index contributed by atoms with van der Waals surface area (Å²) in [6.45, 7) is 0. The molecule has 0 spiro atoms. The number of anilines is 1. The largest absolute Gasteiger partial charge is 0.503 e. The molecule has 35 heavy (non-hydrogen) atoms. The van der Waals surface area contributed by atoms with Crippen molar-refractivity contribution in [1.82, 2.24) is 10.7 Å². The number of nitrogens with one attached hydrogen (secondary N) is 2. The molecule has 2 amide bonds. The summed E-state index contributed by atoms with van der Waals surface area (Å²) >= 11 is 5.99. The van der Waals surface area contributed by atoms with E-state index in [9.17, 15) is 14.7 Å². The maximum Gasteiger partial charge on any atom is 0.287 e. The van der Waals surface area contributed by atoms with Crippen LogP contribution in [0.2, 0.25) is 5.02 Å². The van der Waals surface area contributed by atoms with Crippen LogP contribution in [0.1, 0.15) is 21.5 Å². The van der Waals surface area contributed by atoms with E-state index in [0.29, 0.717) is 16.7 Å². The lowest BCUT2D eigenvalue weighted by atomic mass is 10.1. The predicted molar refractivity (Wildman–Crippen MR) is 138 cm³/mol. The van der Waals surface area contributed by atoms with Gasteiger partial charge in [0.25, 0.3) is 11.8 Å². The van der Waals surface area contributed by atoms with Gasteiger partial charge in [0.1, 0.15) is 5.70 Å². The lowest BCUT2D eigenvalue weighted by Crippen LogP contribution is -2.32. The van der Waals surface area contributed by atoms with Crippen molar-refractivity contribution in [3.8, 4) is 11.5 Å². The zero-order valence-electron chi connectivity index (χ0n) is 19.4. The van der Waals surface area contributed by atoms with Crippen molar-refractivity contribution in [3.63, 3.8) is 0 Å². The number of halogens is 1. The molecule has 0 aliphatic rings. The minimum atomic E-state index is -0.626. The third kappa shape index (κ3) is 6.84. The van der Waals surface area contributed by atoms with E-state index in [1.807, 2.05) is 43.3 Å². The number of hydrogen-bond donors (Lipinski definition) is 3. The van der Waals surface area contributed by atoms with Crippen LogP contribution in [0.4, 0.5) is 5.69 Å². The normalized spacial score (nSPS) is 11.3. The smallest absolute Gasteiger partial charge is 0.287 e. The molecule has 3 rings (SSSR count). The molecule has 3 aromatic rings. The second kappa shape index (κ2) is 11.7. The minimum absolute atomic E-state index is 0.00919. The van der Waals surface area contributed by atoms with Crippen molar-refractivity contribution >= 4 is 41.4 Å². The first kappa shape index (κ1) is 25.3. The first-order valence-electron chi connectivity index (χ1n) is 10.5. The van der Waals surface area contributed by atoms with Gasteiger partial charge >= 0.3 is 0 Å². The van der Waals surface area contributed by atoms with Crippen LogP contribution in [0.5, 0.6) is 11.5 Å². The van der Waals surface area contributed by atoms with Gasteiger partial charge < -0.3 is 20.1 Å². The first-order chi connectivity index (χ1) is 16.8. The van der Waals surface area contributed by atoms with Gasteiger partial charge in [-0.25, -0.2) is 5.43 Å². The third-order valence-corrected chi connectivity index (χ3v) is 5.19. The fraction of sp³-hybridized carbons (Fsp3) is 0.115. The Bertz CT molecular complexity index is 1260. The number of amides is 2. The fourth-order valence-corrected chi connectivity index (χ4v) is 3.25. The number of carbonyl (C=O) groups excluding carboxylic acids is 2. The van der Waals surface area contributed by atoms with Crippen molar-refractivity contribution in [2.45, 2.75) is 0 Å². The Morgan fingerprint density at radius 3 is 2.34 bits per heavy atom. The molecule has 180 valence electrons. The number of carbonyl (C=O) groups is 2. The highest BCUT2D eigenvalue weighted by atomic mass is 35.5. The number of phenolic OH excluding ortho intramolecular Hbond substituents is 1. The summed E-state index contributed by atoms with van der Waals surface area (Å²) in [5, 5.41) is 16.5. The van der Waals surface area contributed by atoms with Crippen LogP contribution in [0.3, 0.4) is 0 Å². The molecule has 0 atom stereocenters. The second-order valence-corrected chi connectivity index (χ2v) is 8.02. The van der Waals surface area contributed by atoms with E-state index in [1.54, 1.807) is 36.4 Å². The fourth-order valence-electron chi connectivity index (χ4n) is 3.03. The Hall–Kier alpha value is -4.30. The number of aromatic hydroxyl groups is 1. The highest BCUT2D eigenvalue weighted by molar-refractivity contribution is 6.32. The van der Waals surface area contributed by atoms with Gasteiger partial charge in [-0.3, -0.25) is 9.59 Å². The molecule has 0 saturated carbocycles. The van der Waals surface area contributed by atoms with Crippen molar-refractivity contribution in [1.29, 1.82) is 0 Å². The Kier molecular flexibility index (Phi) is 8.48. The molecule has 0 aliphatic heterocycles. The Morgan fingerprint density at radius 2 is 1.71 bits per heavy atom. The van der Waals surface area contributed by atoms with E-state index >= 15 is 0 Å². The Labute approximate surface area is 208 Å². The zero-order valence-corrected chi connectivity index (χ0v) is 20.2. The molecule has 0 saturated heterocycles. The maximum atomic E-state index is 12.9. The topological polar surface area (TPSA) is 103 Å². The molecule has 0 bridgehead atoms. The molecule has 0 aliphatic carbocycles. The number of benzene rings is 3. The number of methoxy groups -OCH3 is 1. The summed E-state index contributed by atoms with van der Waals surface area (Å²) in [7, 11) is 5.25. The average molecular weight is 493 g/mol. The summed E-state index contributed by atoms with van der Waals surface area (Å²) in [6.07, 6.45) is 2.90. The van der Waals surface area contributed by atoms with Crippen molar-refractivity contribution in [2.75, 3.05) is 26.1 Å². The second-order valence-electron chi connectivity index (χ2n) is 7.62. The molecular weight excluding hydrogens is 468 g/mol. The van der Waals surface area contributed by atoms with Gasteiger partial charge in [0.05, 0.1) is 18.3 Å². The van der Waals surface area contributed by atoms with Gasteiger partial charge in [0.15, 0.2) is 11.5 Å². The van der Waals surface area contributed by atoms with Gasteiger partial charge in [0.2, 0.25) is 0 Å². The number of nitrogens with zero attached hydrogens (tertiary/aromatic N) is 2. The summed E-state index contributed by atoms with van der Waals surface area (Å²) in [4.78, 5) is 27.6. The van der Waals surface area contributed by atoms with E-state index in [-0.39, 0.29) is 22.2 Å². The van der Waals surface area contributed by atoms with Gasteiger partial charge in [-0.1, -0.05) is 41.9 Å². The number of hydrogen-bond acceptors (Lipinski definition) is 6. The molecular formula is C26H25ClN4O4. The van der Waals surface area contributed by atoms with Crippen LogP contribution in [-0.2, 0) is 4.79 Å². The number of hydrazone groups is 1. The summed E-state index contributed by atoms with van der Waals surface area (Å²) in [5.41, 5.74) is 5.02. The van der Waals surface area contributed by atoms with Crippen molar-refractivity contribution in [3.05, 3.63) is 94.1 Å². The molecule has 3 aromatic carbocycles. The summed E-state index contributed by atoms with van der Waals surface area (Å²) in [6, 6.07) is 19.0. The number of rotatable bonds is 8. The monoisotopic (exact) mass is 492 g/mol. The third-order valence-electron chi connectivity index (χ3n) is 4.90. The number of phenols is 1. The summed E-state index contributed by atoms with van der Waals surface area (Å²) < 4.78 is 5.06. The van der Waals surface area contributed by atoms with Crippen LogP contribution < -0.4 is 20.4 Å². The standard InChI is InChI=1S/C26H25ClN4O4/c1-31(2)20-11-9-17(10-12-20)14-22(29-25(33)19-7-5-4-6-8-19)26(34)30-28-16-18-13-21(27)24(32)23(15-18)35-3/h4-16,32H,1-3H3,(H,29,33)(H,30,34). The molecule has 0 fully saturated rings. The maximum absolute atomic E-state index is 12.9. The SMILES string of the molecule is COc1cc(C=NNC(=O)C(=Cc2ccc(N(C)C)cc2)NC(=O)c2ccccc2)cc(Cl)c1O. The van der Waals surface area contributed by atoms with Gasteiger partial charge in [-0.15, -0.1) is 0 Å². The summed E-state index contributed by atoms with van der Waals surface area (Å²) in [5.74, 6) is -1.08. The van der Waals surface area contributed by atoms with Gasteiger partial charge in [0, 0.05) is 25.3 Å². The van der Waals surface area contributed by atoms with Crippen LogP contribution in [0.15, 0.2) is 77.5 Å².